The number of rotatable bonds is 5. The standard InChI is InChI=1S/C18H22N6O3S/c1-3-5-19-18(28)24-8-6-23(7-9-24)17-20-10-12-14(25)13(16(26)27)11-22(4-2)15(12)21-17/h3,10-11H,1,4-9H2,2H3,(H,19,28)(H,26,27)/p-1. The SMILES string of the molecule is C=CCNC(=S)N1CCN(c2ncc3c(=O)c(C(=O)[O-])cn(CC)c3n2)CC1. The Labute approximate surface area is 167 Å². The van der Waals surface area contributed by atoms with E-state index in [0.29, 0.717) is 56.0 Å². The molecule has 0 bridgehead atoms. The predicted molar refractivity (Wildman–Crippen MR) is 108 cm³/mol. The number of nitrogens with zero attached hydrogens (tertiary/aromatic N) is 5. The molecule has 0 atom stereocenters. The lowest BCUT2D eigenvalue weighted by molar-refractivity contribution is -0.255. The molecular weight excluding hydrogens is 380 g/mol. The van der Waals surface area contributed by atoms with Crippen LogP contribution in [-0.4, -0.2) is 63.2 Å². The van der Waals surface area contributed by atoms with E-state index in [4.69, 9.17) is 12.2 Å². The van der Waals surface area contributed by atoms with Crippen molar-refractivity contribution in [2.45, 2.75) is 13.5 Å². The van der Waals surface area contributed by atoms with Crippen molar-refractivity contribution < 1.29 is 9.90 Å². The normalized spacial score (nSPS) is 14.2. The van der Waals surface area contributed by atoms with Crippen LogP contribution in [0.1, 0.15) is 17.3 Å². The van der Waals surface area contributed by atoms with Crippen LogP contribution < -0.4 is 20.8 Å². The van der Waals surface area contributed by atoms with E-state index in [0.717, 1.165) is 0 Å². The molecule has 148 valence electrons. The number of piperazine rings is 1. The van der Waals surface area contributed by atoms with Gasteiger partial charge in [0.15, 0.2) is 5.11 Å². The van der Waals surface area contributed by atoms with Gasteiger partial charge in [-0.25, -0.2) is 4.98 Å². The number of anilines is 1. The monoisotopic (exact) mass is 401 g/mol. The number of nitrogens with one attached hydrogen (secondary N) is 1. The average Bonchev–Trinajstić information content (AvgIpc) is 2.72. The van der Waals surface area contributed by atoms with E-state index in [1.807, 2.05) is 11.8 Å². The van der Waals surface area contributed by atoms with Gasteiger partial charge in [0.25, 0.3) is 0 Å². The molecule has 2 aromatic heterocycles. The smallest absolute Gasteiger partial charge is 0.227 e. The molecule has 0 saturated carbocycles. The van der Waals surface area contributed by atoms with Crippen LogP contribution in [-0.2, 0) is 6.54 Å². The summed E-state index contributed by atoms with van der Waals surface area (Å²) in [4.78, 5) is 36.5. The van der Waals surface area contributed by atoms with Crippen LogP contribution in [0.2, 0.25) is 0 Å². The third-order valence-corrected chi connectivity index (χ3v) is 5.01. The second kappa shape index (κ2) is 8.34. The molecule has 0 radical (unpaired) electrons. The molecule has 1 N–H and O–H groups in total. The first-order chi connectivity index (χ1) is 13.5. The Balaban J connectivity index is 1.85. The molecule has 3 rings (SSSR count). The summed E-state index contributed by atoms with van der Waals surface area (Å²) in [5.41, 5.74) is -0.609. The zero-order chi connectivity index (χ0) is 20.3. The molecule has 9 nitrogen and oxygen atoms in total. The van der Waals surface area contributed by atoms with Crippen molar-refractivity contribution in [3.05, 3.63) is 40.8 Å². The second-order valence-corrected chi connectivity index (χ2v) is 6.69. The zero-order valence-electron chi connectivity index (χ0n) is 15.6. The maximum atomic E-state index is 12.4. The first-order valence-corrected chi connectivity index (χ1v) is 9.37. The Kier molecular flexibility index (Phi) is 5.88. The van der Waals surface area contributed by atoms with Gasteiger partial charge in [0.1, 0.15) is 5.65 Å². The number of aromatic carboxylic acids is 1. The number of fused-ring (bicyclic) bond motifs is 1. The first-order valence-electron chi connectivity index (χ1n) is 8.96. The van der Waals surface area contributed by atoms with Gasteiger partial charge in [-0.2, -0.15) is 4.98 Å². The van der Waals surface area contributed by atoms with Crippen LogP contribution in [0.5, 0.6) is 0 Å². The van der Waals surface area contributed by atoms with Gasteiger partial charge in [0.05, 0.1) is 16.9 Å². The fraction of sp³-hybridized carbons (Fsp3) is 0.389. The molecule has 0 unspecified atom stereocenters. The second-order valence-electron chi connectivity index (χ2n) is 6.30. The number of carboxylic acids is 1. The summed E-state index contributed by atoms with van der Waals surface area (Å²) in [7, 11) is 0. The van der Waals surface area contributed by atoms with Crippen LogP contribution in [0.3, 0.4) is 0 Å². The van der Waals surface area contributed by atoms with E-state index >= 15 is 0 Å². The number of carbonyl (C=O) groups excluding carboxylic acids is 1. The minimum absolute atomic E-state index is 0.167. The maximum Gasteiger partial charge on any atom is 0.227 e. The highest BCUT2D eigenvalue weighted by Gasteiger charge is 2.21. The molecule has 1 fully saturated rings. The van der Waals surface area contributed by atoms with E-state index in [2.05, 4.69) is 26.8 Å². The zero-order valence-corrected chi connectivity index (χ0v) is 16.4. The minimum atomic E-state index is -1.50. The Morgan fingerprint density at radius 3 is 2.71 bits per heavy atom. The Hall–Kier alpha value is -3.01. The van der Waals surface area contributed by atoms with Gasteiger partial charge < -0.3 is 29.6 Å². The number of carbonyl (C=O) groups is 1. The fourth-order valence-corrected chi connectivity index (χ4v) is 3.35. The lowest BCUT2D eigenvalue weighted by atomic mass is 10.2. The quantitative estimate of drug-likeness (QED) is 0.517. The molecule has 3 heterocycles. The van der Waals surface area contributed by atoms with Gasteiger partial charge in [-0.1, -0.05) is 6.08 Å². The molecule has 1 saturated heterocycles. The number of carboxylic acid groups (broad SMARTS) is 1. The number of aryl methyl sites for hydroxylation is 1. The minimum Gasteiger partial charge on any atom is -0.545 e. The number of aromatic nitrogens is 3. The third kappa shape index (κ3) is 3.81. The van der Waals surface area contributed by atoms with Gasteiger partial charge in [0, 0.05) is 51.7 Å². The molecule has 2 aromatic rings. The molecule has 0 aromatic carbocycles. The number of hydrogen-bond donors (Lipinski definition) is 1. The molecule has 28 heavy (non-hydrogen) atoms. The topological polar surface area (TPSA) is 106 Å². The van der Waals surface area contributed by atoms with Crippen molar-refractivity contribution in [1.82, 2.24) is 24.8 Å². The number of thiocarbonyl (C=S) groups is 1. The van der Waals surface area contributed by atoms with Gasteiger partial charge in [0.2, 0.25) is 11.4 Å². The highest BCUT2D eigenvalue weighted by molar-refractivity contribution is 7.80. The predicted octanol–water partition coefficient (Wildman–Crippen LogP) is -0.643. The molecule has 1 aliphatic heterocycles. The van der Waals surface area contributed by atoms with Crippen LogP contribution >= 0.6 is 12.2 Å². The number of pyridine rings is 1. The molecule has 1 aliphatic rings. The largest absolute Gasteiger partial charge is 0.545 e. The molecule has 0 aliphatic carbocycles. The van der Waals surface area contributed by atoms with E-state index in [1.165, 1.54) is 12.4 Å². The van der Waals surface area contributed by atoms with Gasteiger partial charge >= 0.3 is 0 Å². The lowest BCUT2D eigenvalue weighted by Gasteiger charge is -2.36. The van der Waals surface area contributed by atoms with Crippen molar-refractivity contribution in [3.8, 4) is 0 Å². The Bertz CT molecular complexity index is 981. The molecule has 0 spiro atoms. The van der Waals surface area contributed by atoms with Crippen molar-refractivity contribution in [1.29, 1.82) is 0 Å². The van der Waals surface area contributed by atoms with Crippen LogP contribution in [0, 0.1) is 0 Å². The number of hydrogen-bond acceptors (Lipinski definition) is 7. The first kappa shape index (κ1) is 19.7. The van der Waals surface area contributed by atoms with Crippen LogP contribution in [0.15, 0.2) is 29.8 Å². The molecular formula is C18H21N6O3S-. The molecule has 0 amide bonds. The Morgan fingerprint density at radius 1 is 1.39 bits per heavy atom. The summed E-state index contributed by atoms with van der Waals surface area (Å²) in [5.74, 6) is -1.00. The van der Waals surface area contributed by atoms with Gasteiger partial charge in [-0.15, -0.1) is 6.58 Å². The average molecular weight is 401 g/mol. The van der Waals surface area contributed by atoms with Gasteiger partial charge in [-0.05, 0) is 19.1 Å². The summed E-state index contributed by atoms with van der Waals surface area (Å²) < 4.78 is 1.62. The molecule has 10 heteroatoms. The van der Waals surface area contributed by atoms with Crippen LogP contribution in [0.25, 0.3) is 11.0 Å². The van der Waals surface area contributed by atoms with Gasteiger partial charge in [-0.3, -0.25) is 4.79 Å². The van der Waals surface area contributed by atoms with Crippen molar-refractivity contribution >= 4 is 40.3 Å². The van der Waals surface area contributed by atoms with E-state index in [-0.39, 0.29) is 10.9 Å². The van der Waals surface area contributed by atoms with Crippen molar-refractivity contribution in [2.24, 2.45) is 0 Å². The summed E-state index contributed by atoms with van der Waals surface area (Å²) in [5, 5.41) is 15.2. The fourth-order valence-electron chi connectivity index (χ4n) is 3.08. The lowest BCUT2D eigenvalue weighted by Crippen LogP contribution is -2.52. The summed E-state index contributed by atoms with van der Waals surface area (Å²) in [6.45, 7) is 9.38. The third-order valence-electron chi connectivity index (χ3n) is 4.61. The summed E-state index contributed by atoms with van der Waals surface area (Å²) >= 11 is 5.36. The van der Waals surface area contributed by atoms with Crippen molar-refractivity contribution in [2.75, 3.05) is 37.6 Å². The van der Waals surface area contributed by atoms with E-state index in [1.54, 1.807) is 10.6 Å². The van der Waals surface area contributed by atoms with E-state index in [9.17, 15) is 14.7 Å². The highest BCUT2D eigenvalue weighted by Crippen LogP contribution is 2.16. The maximum absolute atomic E-state index is 12.4. The summed E-state index contributed by atoms with van der Waals surface area (Å²) in [6, 6.07) is 0. The van der Waals surface area contributed by atoms with Crippen LogP contribution in [0.4, 0.5) is 5.95 Å². The summed E-state index contributed by atoms with van der Waals surface area (Å²) in [6.07, 6.45) is 4.42. The van der Waals surface area contributed by atoms with Crippen molar-refractivity contribution in [3.63, 3.8) is 0 Å². The van der Waals surface area contributed by atoms with E-state index < -0.39 is 11.4 Å². The highest BCUT2D eigenvalue weighted by atomic mass is 32.1. The Morgan fingerprint density at radius 2 is 2.11 bits per heavy atom.